The number of benzene rings is 2. The van der Waals surface area contributed by atoms with E-state index in [4.69, 9.17) is 21.1 Å². The number of nitrogens with zero attached hydrogens (tertiary/aromatic N) is 4. The summed E-state index contributed by atoms with van der Waals surface area (Å²) in [4.78, 5) is 17.1. The molecular weight excluding hydrogens is 474 g/mol. The number of thioether (sulfide) groups is 1. The molecule has 0 saturated carbocycles. The minimum absolute atomic E-state index is 0.177. The number of amides is 1. The quantitative estimate of drug-likeness (QED) is 0.462. The Morgan fingerprint density at radius 1 is 0.971 bits per heavy atom. The summed E-state index contributed by atoms with van der Waals surface area (Å²) in [7, 11) is 3.04. The second-order valence-corrected chi connectivity index (χ2v) is 8.97. The Hall–Kier alpha value is -3.17. The lowest BCUT2D eigenvalue weighted by Gasteiger charge is -2.36. The summed E-state index contributed by atoms with van der Waals surface area (Å²) < 4.78 is 10.5. The van der Waals surface area contributed by atoms with E-state index >= 15 is 0 Å². The zero-order chi connectivity index (χ0) is 23.9. The van der Waals surface area contributed by atoms with Crippen LogP contribution in [0.3, 0.4) is 0 Å². The van der Waals surface area contributed by atoms with Gasteiger partial charge < -0.3 is 24.6 Å². The van der Waals surface area contributed by atoms with Gasteiger partial charge in [0.25, 0.3) is 0 Å². The van der Waals surface area contributed by atoms with Crippen molar-refractivity contribution in [1.82, 2.24) is 10.2 Å². The van der Waals surface area contributed by atoms with E-state index in [1.807, 2.05) is 18.2 Å². The topological polar surface area (TPSA) is 79.8 Å². The van der Waals surface area contributed by atoms with Crippen LogP contribution in [-0.4, -0.2) is 62.3 Å². The molecule has 0 radical (unpaired) electrons. The molecule has 1 aliphatic rings. The maximum atomic E-state index is 12.5. The zero-order valence-electron chi connectivity index (χ0n) is 19.0. The van der Waals surface area contributed by atoms with Crippen LogP contribution in [0, 0.1) is 0 Å². The first-order valence-electron chi connectivity index (χ1n) is 10.8. The summed E-state index contributed by atoms with van der Waals surface area (Å²) in [6, 6.07) is 17.5. The molecule has 0 spiro atoms. The highest BCUT2D eigenvalue weighted by atomic mass is 35.5. The van der Waals surface area contributed by atoms with Gasteiger partial charge >= 0.3 is 0 Å². The molecule has 0 aliphatic carbocycles. The molecule has 0 bridgehead atoms. The molecule has 1 amide bonds. The number of piperazine rings is 1. The molecule has 0 unspecified atom stereocenters. The van der Waals surface area contributed by atoms with E-state index in [0.717, 1.165) is 32.0 Å². The van der Waals surface area contributed by atoms with Gasteiger partial charge in [0, 0.05) is 37.9 Å². The molecule has 1 N–H and O–H groups in total. The Kier molecular flexibility index (Phi) is 7.97. The fraction of sp³-hybridized carbons (Fsp3) is 0.292. The largest absolute Gasteiger partial charge is 0.495 e. The van der Waals surface area contributed by atoms with Gasteiger partial charge in [-0.1, -0.05) is 41.6 Å². The van der Waals surface area contributed by atoms with Gasteiger partial charge in [0.05, 0.1) is 30.7 Å². The summed E-state index contributed by atoms with van der Waals surface area (Å²) in [5, 5.41) is 12.6. The number of hydrogen-bond acceptors (Lipinski definition) is 8. The molecule has 1 aromatic heterocycles. The van der Waals surface area contributed by atoms with Crippen LogP contribution in [-0.2, 0) is 4.79 Å². The number of ether oxygens (including phenoxy) is 2. The average Bonchev–Trinajstić information content (AvgIpc) is 2.88. The van der Waals surface area contributed by atoms with Gasteiger partial charge in [-0.05, 0) is 30.3 Å². The van der Waals surface area contributed by atoms with Crippen molar-refractivity contribution in [3.8, 4) is 11.5 Å². The molecule has 1 aliphatic heterocycles. The highest BCUT2D eigenvalue weighted by Crippen LogP contribution is 2.36. The normalized spacial score (nSPS) is 13.5. The van der Waals surface area contributed by atoms with E-state index in [0.29, 0.717) is 27.2 Å². The highest BCUT2D eigenvalue weighted by Gasteiger charge is 2.19. The van der Waals surface area contributed by atoms with Crippen LogP contribution >= 0.6 is 23.4 Å². The Morgan fingerprint density at radius 2 is 1.68 bits per heavy atom. The van der Waals surface area contributed by atoms with Gasteiger partial charge in [0.1, 0.15) is 16.5 Å². The Morgan fingerprint density at radius 3 is 2.32 bits per heavy atom. The molecular formula is C24H26ClN5O3S. The molecule has 2 aromatic carbocycles. The lowest BCUT2D eigenvalue weighted by atomic mass is 10.2. The second-order valence-electron chi connectivity index (χ2n) is 7.56. The molecule has 0 atom stereocenters. The molecule has 10 heteroatoms. The Bertz CT molecular complexity index is 1110. The molecule has 2 heterocycles. The van der Waals surface area contributed by atoms with E-state index in [1.54, 1.807) is 12.1 Å². The molecule has 3 aromatic rings. The number of rotatable bonds is 8. The Labute approximate surface area is 208 Å². The van der Waals surface area contributed by atoms with E-state index in [-0.39, 0.29) is 11.7 Å². The first-order chi connectivity index (χ1) is 16.6. The van der Waals surface area contributed by atoms with Crippen LogP contribution in [0.15, 0.2) is 59.6 Å². The van der Waals surface area contributed by atoms with Crippen molar-refractivity contribution in [3.63, 3.8) is 0 Å². The molecule has 1 fully saturated rings. The number of carbonyl (C=O) groups excluding carboxylic acids is 1. The van der Waals surface area contributed by atoms with E-state index in [9.17, 15) is 4.79 Å². The number of aromatic nitrogens is 2. The Balaban J connectivity index is 1.28. The SMILES string of the molecule is COc1cc(OC)c(NC(=O)CSc2ccc(N3CCN(c4ccccc4)CC3)nn2)cc1Cl. The van der Waals surface area contributed by atoms with Crippen LogP contribution in [0.25, 0.3) is 0 Å². The van der Waals surface area contributed by atoms with Gasteiger partial charge in [-0.25, -0.2) is 0 Å². The predicted molar refractivity (Wildman–Crippen MR) is 137 cm³/mol. The van der Waals surface area contributed by atoms with Crippen LogP contribution in [0.1, 0.15) is 0 Å². The van der Waals surface area contributed by atoms with Crippen molar-refractivity contribution in [2.75, 3.05) is 61.3 Å². The van der Waals surface area contributed by atoms with Crippen LogP contribution in [0.4, 0.5) is 17.2 Å². The van der Waals surface area contributed by atoms with Gasteiger partial charge in [-0.2, -0.15) is 0 Å². The van der Waals surface area contributed by atoms with E-state index < -0.39 is 0 Å². The third-order valence-electron chi connectivity index (χ3n) is 5.45. The lowest BCUT2D eigenvalue weighted by Crippen LogP contribution is -2.46. The van der Waals surface area contributed by atoms with Crippen molar-refractivity contribution in [3.05, 3.63) is 59.6 Å². The maximum Gasteiger partial charge on any atom is 0.234 e. The number of methoxy groups -OCH3 is 2. The van der Waals surface area contributed by atoms with Crippen LogP contribution in [0.2, 0.25) is 5.02 Å². The lowest BCUT2D eigenvalue weighted by molar-refractivity contribution is -0.113. The van der Waals surface area contributed by atoms with Crippen LogP contribution < -0.4 is 24.6 Å². The summed E-state index contributed by atoms with van der Waals surface area (Å²) in [5.41, 5.74) is 1.72. The predicted octanol–water partition coefficient (Wildman–Crippen LogP) is 4.20. The molecule has 8 nitrogen and oxygen atoms in total. The van der Waals surface area contributed by atoms with Gasteiger partial charge in [0.15, 0.2) is 5.82 Å². The van der Waals surface area contributed by atoms with Crippen molar-refractivity contribution < 1.29 is 14.3 Å². The number of para-hydroxylation sites is 1. The van der Waals surface area contributed by atoms with Gasteiger partial charge in [0.2, 0.25) is 5.91 Å². The highest BCUT2D eigenvalue weighted by molar-refractivity contribution is 7.99. The second kappa shape index (κ2) is 11.3. The maximum absolute atomic E-state index is 12.5. The van der Waals surface area contributed by atoms with E-state index in [1.165, 1.54) is 31.7 Å². The fourth-order valence-corrected chi connectivity index (χ4v) is 4.53. The molecule has 178 valence electrons. The molecule has 1 saturated heterocycles. The standard InChI is InChI=1S/C24H26ClN5O3S/c1-32-20-15-21(33-2)19(14-18(20)25)26-23(31)16-34-24-9-8-22(27-28-24)30-12-10-29(11-13-30)17-6-4-3-5-7-17/h3-9,14-15H,10-13,16H2,1-2H3,(H,26,31). The number of carbonyl (C=O) groups is 1. The summed E-state index contributed by atoms with van der Waals surface area (Å²) >= 11 is 7.49. The van der Waals surface area contributed by atoms with Crippen LogP contribution in [0.5, 0.6) is 11.5 Å². The van der Waals surface area contributed by atoms with Crippen molar-refractivity contribution in [2.24, 2.45) is 0 Å². The minimum Gasteiger partial charge on any atom is -0.495 e. The summed E-state index contributed by atoms with van der Waals surface area (Å²) in [6.45, 7) is 3.62. The molecule has 34 heavy (non-hydrogen) atoms. The zero-order valence-corrected chi connectivity index (χ0v) is 20.6. The monoisotopic (exact) mass is 499 g/mol. The molecule has 4 rings (SSSR count). The summed E-state index contributed by atoms with van der Waals surface area (Å²) in [5.74, 6) is 1.77. The summed E-state index contributed by atoms with van der Waals surface area (Å²) in [6.07, 6.45) is 0. The smallest absolute Gasteiger partial charge is 0.234 e. The fourth-order valence-electron chi connectivity index (χ4n) is 3.67. The first-order valence-corrected chi connectivity index (χ1v) is 12.2. The average molecular weight is 500 g/mol. The third-order valence-corrected chi connectivity index (χ3v) is 6.67. The number of anilines is 3. The number of hydrogen-bond donors (Lipinski definition) is 1. The third kappa shape index (κ3) is 5.84. The number of nitrogens with one attached hydrogen (secondary N) is 1. The van der Waals surface area contributed by atoms with Gasteiger partial charge in [-0.3, -0.25) is 4.79 Å². The van der Waals surface area contributed by atoms with Crippen molar-refractivity contribution in [2.45, 2.75) is 5.03 Å². The van der Waals surface area contributed by atoms with Gasteiger partial charge in [-0.15, -0.1) is 10.2 Å². The van der Waals surface area contributed by atoms with E-state index in [2.05, 4.69) is 49.6 Å². The number of halogens is 1. The van der Waals surface area contributed by atoms with Crippen molar-refractivity contribution >= 4 is 46.5 Å². The minimum atomic E-state index is -0.201. The first kappa shape index (κ1) is 24.0. The van der Waals surface area contributed by atoms with Crippen molar-refractivity contribution in [1.29, 1.82) is 0 Å².